The van der Waals surface area contributed by atoms with Crippen LogP contribution in [0.3, 0.4) is 0 Å². The zero-order chi connectivity index (χ0) is 11.6. The summed E-state index contributed by atoms with van der Waals surface area (Å²) in [5.74, 6) is 1.39. The van der Waals surface area contributed by atoms with Gasteiger partial charge >= 0.3 is 0 Å². The van der Waals surface area contributed by atoms with E-state index in [1.807, 2.05) is 0 Å². The van der Waals surface area contributed by atoms with Crippen LogP contribution in [0.2, 0.25) is 0 Å². The molecule has 2 aliphatic rings. The number of aliphatic hydroxyl groups is 1. The van der Waals surface area contributed by atoms with Crippen LogP contribution in [0.4, 0.5) is 0 Å². The third kappa shape index (κ3) is 2.41. The van der Waals surface area contributed by atoms with Crippen LogP contribution in [-0.2, 0) is 9.47 Å². The fourth-order valence-electron chi connectivity index (χ4n) is 3.20. The topological polar surface area (TPSA) is 38.7 Å². The quantitative estimate of drug-likeness (QED) is 0.804. The van der Waals surface area contributed by atoms with Gasteiger partial charge in [-0.25, -0.2) is 0 Å². The second-order valence-corrected chi connectivity index (χ2v) is 5.54. The molecule has 1 aliphatic carbocycles. The van der Waals surface area contributed by atoms with Crippen LogP contribution < -0.4 is 0 Å². The molecule has 94 valence electrons. The molecule has 2 rings (SSSR count). The molecule has 1 N–H and O–H groups in total. The molecule has 3 nitrogen and oxygen atoms in total. The first-order chi connectivity index (χ1) is 7.67. The number of hydrogen-bond donors (Lipinski definition) is 1. The van der Waals surface area contributed by atoms with Crippen LogP contribution in [0.25, 0.3) is 0 Å². The summed E-state index contributed by atoms with van der Waals surface area (Å²) in [6.07, 6.45) is 4.26. The van der Waals surface area contributed by atoms with Crippen molar-refractivity contribution in [1.82, 2.24) is 0 Å². The van der Waals surface area contributed by atoms with Crippen molar-refractivity contribution in [3.8, 4) is 0 Å². The summed E-state index contributed by atoms with van der Waals surface area (Å²) in [7, 11) is 0. The molecule has 2 fully saturated rings. The van der Waals surface area contributed by atoms with E-state index >= 15 is 0 Å². The van der Waals surface area contributed by atoms with Gasteiger partial charge in [-0.15, -0.1) is 0 Å². The van der Waals surface area contributed by atoms with Crippen molar-refractivity contribution in [2.75, 3.05) is 19.8 Å². The highest BCUT2D eigenvalue weighted by Gasteiger charge is 2.42. The van der Waals surface area contributed by atoms with E-state index in [0.717, 1.165) is 38.9 Å². The Morgan fingerprint density at radius 3 is 2.19 bits per heavy atom. The predicted octanol–water partition coefficient (Wildman–Crippen LogP) is 2.18. The average Bonchev–Trinajstić information content (AvgIpc) is 2.70. The molecule has 1 heterocycles. The van der Waals surface area contributed by atoms with Crippen molar-refractivity contribution in [2.45, 2.75) is 45.3 Å². The molecule has 1 atom stereocenters. The Morgan fingerprint density at radius 1 is 1.19 bits per heavy atom. The maximum absolute atomic E-state index is 9.44. The average molecular weight is 228 g/mol. The molecule has 1 saturated carbocycles. The van der Waals surface area contributed by atoms with Crippen LogP contribution in [-0.4, -0.2) is 30.7 Å². The Labute approximate surface area is 98.1 Å². The molecule has 1 saturated heterocycles. The van der Waals surface area contributed by atoms with Gasteiger partial charge in [0.1, 0.15) is 0 Å². The first kappa shape index (κ1) is 12.3. The third-order valence-electron chi connectivity index (χ3n) is 4.28. The third-order valence-corrected chi connectivity index (χ3v) is 4.28. The minimum absolute atomic E-state index is 0.256. The standard InChI is InChI=1S/C13H24O3/c1-10(2)12(9-14)11-3-5-13(6-4-11)15-7-8-16-13/h10-12,14H,3-9H2,1-2H3. The summed E-state index contributed by atoms with van der Waals surface area (Å²) >= 11 is 0. The van der Waals surface area contributed by atoms with Gasteiger partial charge in [0.05, 0.1) is 13.2 Å². The number of rotatable bonds is 3. The number of ether oxygens (including phenoxy) is 2. The molecule has 0 aromatic rings. The smallest absolute Gasteiger partial charge is 0.168 e. The first-order valence-corrected chi connectivity index (χ1v) is 6.56. The second kappa shape index (κ2) is 5.03. The Hall–Kier alpha value is -0.120. The van der Waals surface area contributed by atoms with Crippen LogP contribution >= 0.6 is 0 Å². The van der Waals surface area contributed by atoms with E-state index in [1.165, 1.54) is 0 Å². The highest BCUT2D eigenvalue weighted by Crippen LogP contribution is 2.42. The number of hydrogen-bond acceptors (Lipinski definition) is 3. The highest BCUT2D eigenvalue weighted by molar-refractivity contribution is 4.85. The molecule has 0 bridgehead atoms. The largest absolute Gasteiger partial charge is 0.396 e. The second-order valence-electron chi connectivity index (χ2n) is 5.54. The van der Waals surface area contributed by atoms with Gasteiger partial charge in [0.25, 0.3) is 0 Å². The predicted molar refractivity (Wildman–Crippen MR) is 62.0 cm³/mol. The van der Waals surface area contributed by atoms with Gasteiger partial charge < -0.3 is 14.6 Å². The maximum Gasteiger partial charge on any atom is 0.168 e. The highest BCUT2D eigenvalue weighted by atomic mass is 16.7. The van der Waals surface area contributed by atoms with E-state index in [2.05, 4.69) is 13.8 Å². The lowest BCUT2D eigenvalue weighted by Gasteiger charge is -2.39. The molecule has 1 spiro atoms. The normalized spacial score (nSPS) is 27.8. The molecule has 0 aromatic heterocycles. The minimum atomic E-state index is -0.256. The van der Waals surface area contributed by atoms with E-state index in [-0.39, 0.29) is 5.79 Å². The van der Waals surface area contributed by atoms with Crippen LogP contribution in [0.15, 0.2) is 0 Å². The van der Waals surface area contributed by atoms with Crippen molar-refractivity contribution < 1.29 is 14.6 Å². The Balaban J connectivity index is 1.88. The molecule has 1 aliphatic heterocycles. The summed E-state index contributed by atoms with van der Waals surface area (Å²) in [4.78, 5) is 0. The van der Waals surface area contributed by atoms with Gasteiger partial charge in [0.15, 0.2) is 5.79 Å². The molecule has 16 heavy (non-hydrogen) atoms. The lowest BCUT2D eigenvalue weighted by molar-refractivity contribution is -0.186. The van der Waals surface area contributed by atoms with Crippen molar-refractivity contribution in [3.63, 3.8) is 0 Å². The molecule has 0 radical (unpaired) electrons. The fraction of sp³-hybridized carbons (Fsp3) is 1.00. The van der Waals surface area contributed by atoms with Crippen LogP contribution in [0.1, 0.15) is 39.5 Å². The van der Waals surface area contributed by atoms with Gasteiger partial charge in [0.2, 0.25) is 0 Å². The monoisotopic (exact) mass is 228 g/mol. The molecule has 1 unspecified atom stereocenters. The van der Waals surface area contributed by atoms with E-state index in [9.17, 15) is 5.11 Å². The summed E-state index contributed by atoms with van der Waals surface area (Å²) in [6, 6.07) is 0. The van der Waals surface area contributed by atoms with Crippen LogP contribution in [0, 0.1) is 17.8 Å². The van der Waals surface area contributed by atoms with Gasteiger partial charge in [0, 0.05) is 19.4 Å². The molecule has 3 heteroatoms. The lowest BCUT2D eigenvalue weighted by Crippen LogP contribution is -2.38. The Bertz CT molecular complexity index is 211. The first-order valence-electron chi connectivity index (χ1n) is 6.56. The zero-order valence-corrected chi connectivity index (χ0v) is 10.4. The van der Waals surface area contributed by atoms with Crippen LogP contribution in [0.5, 0.6) is 0 Å². The van der Waals surface area contributed by atoms with Gasteiger partial charge in [-0.2, -0.15) is 0 Å². The molecular weight excluding hydrogens is 204 g/mol. The zero-order valence-electron chi connectivity index (χ0n) is 10.4. The summed E-state index contributed by atoms with van der Waals surface area (Å²) in [6.45, 7) is 6.22. The molecular formula is C13H24O3. The Kier molecular flexibility index (Phi) is 3.88. The van der Waals surface area contributed by atoms with Crippen molar-refractivity contribution in [3.05, 3.63) is 0 Å². The summed E-state index contributed by atoms with van der Waals surface area (Å²) in [5, 5.41) is 9.44. The van der Waals surface area contributed by atoms with Gasteiger partial charge in [-0.05, 0) is 30.6 Å². The fourth-order valence-corrected chi connectivity index (χ4v) is 3.20. The summed E-state index contributed by atoms with van der Waals surface area (Å²) in [5.41, 5.74) is 0. The van der Waals surface area contributed by atoms with E-state index < -0.39 is 0 Å². The van der Waals surface area contributed by atoms with E-state index in [4.69, 9.17) is 9.47 Å². The minimum Gasteiger partial charge on any atom is -0.396 e. The van der Waals surface area contributed by atoms with Crippen molar-refractivity contribution in [2.24, 2.45) is 17.8 Å². The van der Waals surface area contributed by atoms with Crippen molar-refractivity contribution >= 4 is 0 Å². The molecule has 0 amide bonds. The molecule has 0 aromatic carbocycles. The summed E-state index contributed by atoms with van der Waals surface area (Å²) < 4.78 is 11.4. The van der Waals surface area contributed by atoms with Crippen molar-refractivity contribution in [1.29, 1.82) is 0 Å². The lowest BCUT2D eigenvalue weighted by atomic mass is 9.74. The maximum atomic E-state index is 9.44. The van der Waals surface area contributed by atoms with Gasteiger partial charge in [-0.1, -0.05) is 13.8 Å². The van der Waals surface area contributed by atoms with Gasteiger partial charge in [-0.3, -0.25) is 0 Å². The number of aliphatic hydroxyl groups excluding tert-OH is 1. The SMILES string of the molecule is CC(C)C(CO)C1CCC2(CC1)OCCO2. The van der Waals surface area contributed by atoms with E-state index in [0.29, 0.717) is 24.4 Å². The Morgan fingerprint density at radius 2 is 1.75 bits per heavy atom. The van der Waals surface area contributed by atoms with E-state index in [1.54, 1.807) is 0 Å².